The van der Waals surface area contributed by atoms with Gasteiger partial charge in [-0.1, -0.05) is 0 Å². The average Bonchev–Trinajstić information content (AvgIpc) is 2.72. The topological polar surface area (TPSA) is 36.4 Å². The first-order valence-electron chi connectivity index (χ1n) is 4.58. The Kier molecular flexibility index (Phi) is 2.93. The van der Waals surface area contributed by atoms with Gasteiger partial charge >= 0.3 is 0 Å². The number of anilines is 1. The Morgan fingerprint density at radius 3 is 2.71 bits per heavy atom. The van der Waals surface area contributed by atoms with Gasteiger partial charge in [-0.15, -0.1) is 11.8 Å². The summed E-state index contributed by atoms with van der Waals surface area (Å²) in [6, 6.07) is 8.33. The van der Waals surface area contributed by atoms with E-state index in [9.17, 15) is 0 Å². The SMILES string of the molecule is CSc1ccc(NC2=NCCN2)cc1. The number of rotatable bonds is 2. The summed E-state index contributed by atoms with van der Waals surface area (Å²) in [4.78, 5) is 5.54. The Morgan fingerprint density at radius 2 is 2.14 bits per heavy atom. The summed E-state index contributed by atoms with van der Waals surface area (Å²) >= 11 is 1.75. The van der Waals surface area contributed by atoms with E-state index >= 15 is 0 Å². The second kappa shape index (κ2) is 4.37. The minimum Gasteiger partial charge on any atom is -0.354 e. The van der Waals surface area contributed by atoms with E-state index in [1.807, 2.05) is 0 Å². The van der Waals surface area contributed by atoms with E-state index in [2.05, 4.69) is 46.1 Å². The van der Waals surface area contributed by atoms with Crippen molar-refractivity contribution in [2.24, 2.45) is 4.99 Å². The number of nitrogens with zero attached hydrogens (tertiary/aromatic N) is 1. The maximum Gasteiger partial charge on any atom is 0.195 e. The lowest BCUT2D eigenvalue weighted by molar-refractivity contribution is 0.959. The largest absolute Gasteiger partial charge is 0.354 e. The predicted octanol–water partition coefficient (Wildman–Crippen LogP) is 1.78. The zero-order chi connectivity index (χ0) is 9.80. The Bertz CT molecular complexity index is 332. The van der Waals surface area contributed by atoms with E-state index in [-0.39, 0.29) is 0 Å². The number of thioether (sulfide) groups is 1. The van der Waals surface area contributed by atoms with Crippen LogP contribution < -0.4 is 10.6 Å². The third kappa shape index (κ3) is 2.20. The number of guanidine groups is 1. The highest BCUT2D eigenvalue weighted by atomic mass is 32.2. The highest BCUT2D eigenvalue weighted by molar-refractivity contribution is 7.98. The van der Waals surface area contributed by atoms with Crippen LogP contribution in [-0.4, -0.2) is 25.3 Å². The van der Waals surface area contributed by atoms with Crippen molar-refractivity contribution in [3.63, 3.8) is 0 Å². The summed E-state index contributed by atoms with van der Waals surface area (Å²) in [7, 11) is 0. The molecule has 4 heteroatoms. The smallest absolute Gasteiger partial charge is 0.195 e. The maximum atomic E-state index is 4.26. The summed E-state index contributed by atoms with van der Waals surface area (Å²) in [6.45, 7) is 1.80. The number of hydrogen-bond acceptors (Lipinski definition) is 4. The number of aliphatic imine (C=N–C) groups is 1. The van der Waals surface area contributed by atoms with E-state index in [0.29, 0.717) is 0 Å². The molecule has 0 aromatic heterocycles. The van der Waals surface area contributed by atoms with Gasteiger partial charge in [0.05, 0.1) is 6.54 Å². The Hall–Kier alpha value is -1.16. The Balaban J connectivity index is 2.02. The van der Waals surface area contributed by atoms with Gasteiger partial charge < -0.3 is 10.6 Å². The van der Waals surface area contributed by atoms with Gasteiger partial charge in [0.15, 0.2) is 5.96 Å². The quantitative estimate of drug-likeness (QED) is 0.726. The molecular weight excluding hydrogens is 194 g/mol. The molecule has 0 spiro atoms. The van der Waals surface area contributed by atoms with E-state index in [1.54, 1.807) is 11.8 Å². The zero-order valence-corrected chi connectivity index (χ0v) is 8.90. The summed E-state index contributed by atoms with van der Waals surface area (Å²) in [5.41, 5.74) is 1.08. The van der Waals surface area contributed by atoms with Gasteiger partial charge in [-0.25, -0.2) is 0 Å². The Labute approximate surface area is 88.0 Å². The van der Waals surface area contributed by atoms with Gasteiger partial charge in [-0.2, -0.15) is 0 Å². The lowest BCUT2D eigenvalue weighted by Gasteiger charge is -2.06. The number of benzene rings is 1. The van der Waals surface area contributed by atoms with Crippen LogP contribution in [0, 0.1) is 0 Å². The molecule has 0 radical (unpaired) electrons. The van der Waals surface area contributed by atoms with Gasteiger partial charge in [-0.3, -0.25) is 4.99 Å². The molecule has 2 N–H and O–H groups in total. The molecule has 1 aromatic carbocycles. The van der Waals surface area contributed by atoms with Gasteiger partial charge in [0.2, 0.25) is 0 Å². The molecule has 1 aliphatic rings. The highest BCUT2D eigenvalue weighted by Gasteiger charge is 2.03. The first kappa shape index (κ1) is 9.40. The summed E-state index contributed by atoms with van der Waals surface area (Å²) in [5, 5.41) is 6.39. The van der Waals surface area contributed by atoms with Crippen molar-refractivity contribution in [3.8, 4) is 0 Å². The zero-order valence-electron chi connectivity index (χ0n) is 8.08. The minimum absolute atomic E-state index is 0.866. The summed E-state index contributed by atoms with van der Waals surface area (Å²) in [6.07, 6.45) is 2.07. The molecule has 0 aliphatic carbocycles. The molecule has 1 aliphatic heterocycles. The molecular formula is C10H13N3S. The lowest BCUT2D eigenvalue weighted by Crippen LogP contribution is -2.26. The van der Waals surface area contributed by atoms with E-state index in [1.165, 1.54) is 4.90 Å². The predicted molar refractivity (Wildman–Crippen MR) is 62.2 cm³/mol. The van der Waals surface area contributed by atoms with Crippen molar-refractivity contribution in [2.75, 3.05) is 24.7 Å². The number of nitrogens with one attached hydrogen (secondary N) is 2. The van der Waals surface area contributed by atoms with Crippen molar-refractivity contribution >= 4 is 23.4 Å². The first-order valence-corrected chi connectivity index (χ1v) is 5.80. The van der Waals surface area contributed by atoms with Crippen LogP contribution in [0.1, 0.15) is 0 Å². The van der Waals surface area contributed by atoms with Crippen LogP contribution >= 0.6 is 11.8 Å². The second-order valence-corrected chi connectivity index (χ2v) is 3.89. The van der Waals surface area contributed by atoms with Gasteiger partial charge in [-0.05, 0) is 30.5 Å². The molecule has 3 nitrogen and oxygen atoms in total. The molecule has 0 saturated carbocycles. The highest BCUT2D eigenvalue weighted by Crippen LogP contribution is 2.17. The molecule has 2 rings (SSSR count). The van der Waals surface area contributed by atoms with Crippen LogP contribution in [0.3, 0.4) is 0 Å². The molecule has 1 aromatic rings. The van der Waals surface area contributed by atoms with Gasteiger partial charge in [0.1, 0.15) is 0 Å². The molecule has 0 amide bonds. The molecule has 74 valence electrons. The molecule has 0 unspecified atom stereocenters. The molecule has 0 atom stereocenters. The molecule has 0 saturated heterocycles. The van der Waals surface area contributed by atoms with Crippen LogP contribution in [0.4, 0.5) is 5.69 Å². The minimum atomic E-state index is 0.866. The molecule has 1 heterocycles. The number of hydrogen-bond donors (Lipinski definition) is 2. The van der Waals surface area contributed by atoms with Crippen LogP contribution in [-0.2, 0) is 0 Å². The van der Waals surface area contributed by atoms with Crippen LogP contribution in [0.25, 0.3) is 0 Å². The fourth-order valence-electron chi connectivity index (χ4n) is 1.29. The average molecular weight is 207 g/mol. The summed E-state index contributed by atoms with van der Waals surface area (Å²) < 4.78 is 0. The Morgan fingerprint density at radius 1 is 1.36 bits per heavy atom. The van der Waals surface area contributed by atoms with E-state index in [4.69, 9.17) is 0 Å². The lowest BCUT2D eigenvalue weighted by atomic mass is 10.3. The standard InChI is InChI=1S/C10H13N3S/c1-14-9-4-2-8(3-5-9)13-10-11-6-7-12-10/h2-5H,6-7H2,1H3,(H2,11,12,13). The molecule has 14 heavy (non-hydrogen) atoms. The van der Waals surface area contributed by atoms with Crippen LogP contribution in [0.2, 0.25) is 0 Å². The monoisotopic (exact) mass is 207 g/mol. The van der Waals surface area contributed by atoms with Crippen molar-refractivity contribution in [2.45, 2.75) is 4.90 Å². The van der Waals surface area contributed by atoms with Crippen LogP contribution in [0.5, 0.6) is 0 Å². The fraction of sp³-hybridized carbons (Fsp3) is 0.300. The second-order valence-electron chi connectivity index (χ2n) is 3.01. The normalized spacial score (nSPS) is 14.8. The third-order valence-corrected chi connectivity index (χ3v) is 2.77. The van der Waals surface area contributed by atoms with Crippen molar-refractivity contribution in [3.05, 3.63) is 24.3 Å². The van der Waals surface area contributed by atoms with E-state index < -0.39 is 0 Å². The van der Waals surface area contributed by atoms with E-state index in [0.717, 1.165) is 24.7 Å². The first-order chi connectivity index (χ1) is 6.88. The van der Waals surface area contributed by atoms with Crippen LogP contribution in [0.15, 0.2) is 34.2 Å². The van der Waals surface area contributed by atoms with Gasteiger partial charge in [0, 0.05) is 17.1 Å². The third-order valence-electron chi connectivity index (χ3n) is 2.03. The van der Waals surface area contributed by atoms with Crippen molar-refractivity contribution < 1.29 is 0 Å². The summed E-state index contributed by atoms with van der Waals surface area (Å²) in [5.74, 6) is 0.877. The molecule has 0 bridgehead atoms. The van der Waals surface area contributed by atoms with Gasteiger partial charge in [0.25, 0.3) is 0 Å². The maximum absolute atomic E-state index is 4.26. The van der Waals surface area contributed by atoms with Crippen molar-refractivity contribution in [1.82, 2.24) is 5.32 Å². The molecule has 0 fully saturated rings. The fourth-order valence-corrected chi connectivity index (χ4v) is 1.70. The van der Waals surface area contributed by atoms with Crippen molar-refractivity contribution in [1.29, 1.82) is 0 Å².